The molecule has 15 heavy (non-hydrogen) atoms. The van der Waals surface area contributed by atoms with Crippen LogP contribution in [0.15, 0.2) is 30.3 Å². The summed E-state index contributed by atoms with van der Waals surface area (Å²) in [5.74, 6) is -1.79. The Kier molecular flexibility index (Phi) is 3.74. The van der Waals surface area contributed by atoms with E-state index in [4.69, 9.17) is 0 Å². The first-order valence-electron chi connectivity index (χ1n) is 4.76. The Morgan fingerprint density at radius 2 is 1.73 bits per heavy atom. The molecule has 1 aromatic rings. The zero-order valence-electron chi connectivity index (χ0n) is 8.33. The van der Waals surface area contributed by atoms with E-state index in [0.29, 0.717) is 0 Å². The van der Waals surface area contributed by atoms with Gasteiger partial charge in [-0.25, -0.2) is 0 Å². The minimum atomic E-state index is -4.41. The summed E-state index contributed by atoms with van der Waals surface area (Å²) >= 11 is 0. The summed E-state index contributed by atoms with van der Waals surface area (Å²) in [7, 11) is 0. The van der Waals surface area contributed by atoms with E-state index >= 15 is 0 Å². The Morgan fingerprint density at radius 1 is 1.20 bits per heavy atom. The molecule has 0 saturated carbocycles. The van der Waals surface area contributed by atoms with Crippen LogP contribution in [0, 0.1) is 0 Å². The molecule has 1 rings (SSSR count). The van der Waals surface area contributed by atoms with Crippen LogP contribution in [0.4, 0.5) is 13.2 Å². The lowest BCUT2D eigenvalue weighted by atomic mass is 9.91. The highest BCUT2D eigenvalue weighted by Crippen LogP contribution is 2.38. The Bertz CT molecular complexity index is 294. The first kappa shape index (κ1) is 12.0. The number of aliphatic hydroxyl groups is 1. The average molecular weight is 218 g/mol. The van der Waals surface area contributed by atoms with Gasteiger partial charge in [-0.3, -0.25) is 0 Å². The molecule has 0 saturated heterocycles. The van der Waals surface area contributed by atoms with E-state index in [1.807, 2.05) is 0 Å². The smallest absolute Gasteiger partial charge is 0.392 e. The second-order valence-corrected chi connectivity index (χ2v) is 3.41. The fourth-order valence-corrected chi connectivity index (χ4v) is 1.53. The fraction of sp³-hybridized carbons (Fsp3) is 0.455. The number of hydrogen-bond donors (Lipinski definition) is 1. The van der Waals surface area contributed by atoms with E-state index in [9.17, 15) is 18.3 Å². The summed E-state index contributed by atoms with van der Waals surface area (Å²) in [6.45, 7) is 1.53. The van der Waals surface area contributed by atoms with Crippen molar-refractivity contribution in [3.63, 3.8) is 0 Å². The molecule has 0 aliphatic carbocycles. The van der Waals surface area contributed by atoms with Gasteiger partial charge in [0.25, 0.3) is 0 Å². The lowest BCUT2D eigenvalue weighted by Crippen LogP contribution is -2.31. The van der Waals surface area contributed by atoms with E-state index in [-0.39, 0.29) is 12.0 Å². The summed E-state index contributed by atoms with van der Waals surface area (Å²) in [5.41, 5.74) is 0.111. The van der Waals surface area contributed by atoms with Gasteiger partial charge in [0.2, 0.25) is 0 Å². The van der Waals surface area contributed by atoms with Crippen LogP contribution in [-0.2, 0) is 0 Å². The molecule has 0 aliphatic rings. The van der Waals surface area contributed by atoms with Gasteiger partial charge in [0, 0.05) is 0 Å². The molecule has 2 unspecified atom stereocenters. The molecule has 0 heterocycles. The third-order valence-corrected chi connectivity index (χ3v) is 2.31. The molecule has 0 aliphatic heterocycles. The van der Waals surface area contributed by atoms with Gasteiger partial charge < -0.3 is 5.11 Å². The van der Waals surface area contributed by atoms with Gasteiger partial charge in [0.05, 0.1) is 6.10 Å². The molecular formula is C11H13F3O. The highest BCUT2D eigenvalue weighted by Gasteiger charge is 2.44. The van der Waals surface area contributed by atoms with Crippen molar-refractivity contribution in [2.75, 3.05) is 0 Å². The molecule has 2 atom stereocenters. The van der Waals surface area contributed by atoms with Crippen LogP contribution in [0.5, 0.6) is 0 Å². The van der Waals surface area contributed by atoms with E-state index in [2.05, 4.69) is 0 Å². The number of benzene rings is 1. The minimum Gasteiger partial charge on any atom is -0.392 e. The van der Waals surface area contributed by atoms with Gasteiger partial charge in [-0.1, -0.05) is 37.3 Å². The molecule has 1 N–H and O–H groups in total. The molecule has 0 radical (unpaired) electrons. The van der Waals surface area contributed by atoms with E-state index < -0.39 is 18.2 Å². The third kappa shape index (κ3) is 2.96. The SMILES string of the molecule is CCC(O)C(c1ccccc1)C(F)(F)F. The molecule has 0 aromatic heterocycles. The molecule has 0 fully saturated rings. The predicted octanol–water partition coefficient (Wildman–Crippen LogP) is 3.10. The van der Waals surface area contributed by atoms with Crippen molar-refractivity contribution in [3.05, 3.63) is 35.9 Å². The molecule has 0 bridgehead atoms. The van der Waals surface area contributed by atoms with Crippen LogP contribution in [0.1, 0.15) is 24.8 Å². The van der Waals surface area contributed by atoms with Crippen molar-refractivity contribution in [3.8, 4) is 0 Å². The summed E-state index contributed by atoms with van der Waals surface area (Å²) in [5, 5.41) is 9.39. The highest BCUT2D eigenvalue weighted by atomic mass is 19.4. The lowest BCUT2D eigenvalue weighted by molar-refractivity contribution is -0.172. The van der Waals surface area contributed by atoms with Gasteiger partial charge in [-0.15, -0.1) is 0 Å². The Morgan fingerprint density at radius 3 is 2.13 bits per heavy atom. The van der Waals surface area contributed by atoms with Crippen molar-refractivity contribution >= 4 is 0 Å². The topological polar surface area (TPSA) is 20.2 Å². The standard InChI is InChI=1S/C11H13F3O/c1-2-9(15)10(11(12,13)14)8-6-4-3-5-7-8/h3-7,9-10,15H,2H2,1H3. The molecule has 84 valence electrons. The first-order chi connectivity index (χ1) is 6.96. The number of aliphatic hydroxyl groups excluding tert-OH is 1. The van der Waals surface area contributed by atoms with Crippen LogP contribution in [-0.4, -0.2) is 17.4 Å². The van der Waals surface area contributed by atoms with Gasteiger partial charge in [-0.2, -0.15) is 13.2 Å². The minimum absolute atomic E-state index is 0.0824. The van der Waals surface area contributed by atoms with Crippen LogP contribution < -0.4 is 0 Å². The maximum absolute atomic E-state index is 12.7. The number of rotatable bonds is 3. The summed E-state index contributed by atoms with van der Waals surface area (Å²) < 4.78 is 38.0. The number of alkyl halides is 3. The molecule has 0 spiro atoms. The second-order valence-electron chi connectivity index (χ2n) is 3.41. The maximum atomic E-state index is 12.7. The van der Waals surface area contributed by atoms with Gasteiger partial charge in [0.15, 0.2) is 0 Å². The third-order valence-electron chi connectivity index (χ3n) is 2.31. The van der Waals surface area contributed by atoms with E-state index in [0.717, 1.165) is 0 Å². The quantitative estimate of drug-likeness (QED) is 0.826. The molecule has 0 amide bonds. The largest absolute Gasteiger partial charge is 0.398 e. The van der Waals surface area contributed by atoms with Crippen molar-refractivity contribution < 1.29 is 18.3 Å². The van der Waals surface area contributed by atoms with Crippen LogP contribution in [0.25, 0.3) is 0 Å². The van der Waals surface area contributed by atoms with E-state index in [1.54, 1.807) is 6.07 Å². The van der Waals surface area contributed by atoms with Crippen molar-refractivity contribution in [1.82, 2.24) is 0 Å². The summed E-state index contributed by atoms with van der Waals surface area (Å²) in [6, 6.07) is 7.50. The number of hydrogen-bond acceptors (Lipinski definition) is 1. The maximum Gasteiger partial charge on any atom is 0.398 e. The molecule has 1 aromatic carbocycles. The van der Waals surface area contributed by atoms with Gasteiger partial charge >= 0.3 is 6.18 Å². The molecule has 4 heteroatoms. The fourth-order valence-electron chi connectivity index (χ4n) is 1.53. The zero-order chi connectivity index (χ0) is 11.5. The van der Waals surface area contributed by atoms with Crippen molar-refractivity contribution in [1.29, 1.82) is 0 Å². The van der Waals surface area contributed by atoms with Crippen LogP contribution >= 0.6 is 0 Å². The number of halogens is 3. The Labute approximate surface area is 86.5 Å². The summed E-state index contributed by atoms with van der Waals surface area (Å²) in [4.78, 5) is 0. The summed E-state index contributed by atoms with van der Waals surface area (Å²) in [6.07, 6.45) is -5.71. The predicted molar refractivity (Wildman–Crippen MR) is 51.5 cm³/mol. The zero-order valence-corrected chi connectivity index (χ0v) is 8.33. The Hall–Kier alpha value is -1.03. The first-order valence-corrected chi connectivity index (χ1v) is 4.76. The average Bonchev–Trinajstić information content (AvgIpc) is 2.17. The van der Waals surface area contributed by atoms with Crippen molar-refractivity contribution in [2.45, 2.75) is 31.5 Å². The molecular weight excluding hydrogens is 205 g/mol. The van der Waals surface area contributed by atoms with Gasteiger partial charge in [-0.05, 0) is 12.0 Å². The normalized spacial score (nSPS) is 16.1. The van der Waals surface area contributed by atoms with Crippen molar-refractivity contribution in [2.24, 2.45) is 0 Å². The van der Waals surface area contributed by atoms with Crippen LogP contribution in [0.3, 0.4) is 0 Å². The Balaban J connectivity index is 3.02. The monoisotopic (exact) mass is 218 g/mol. The molecule has 1 nitrogen and oxygen atoms in total. The second kappa shape index (κ2) is 4.66. The lowest BCUT2D eigenvalue weighted by Gasteiger charge is -2.24. The van der Waals surface area contributed by atoms with Gasteiger partial charge in [0.1, 0.15) is 5.92 Å². The highest BCUT2D eigenvalue weighted by molar-refractivity contribution is 5.22. The van der Waals surface area contributed by atoms with Crippen LogP contribution in [0.2, 0.25) is 0 Å². The van der Waals surface area contributed by atoms with E-state index in [1.165, 1.54) is 31.2 Å².